The largest absolute Gasteiger partial charge is 0.373 e. The molecule has 2 heterocycles. The SMILES string of the molecule is C=C(S)N(C)/C(=N\N)C(O)(c1ccc(Cl)cc1)c1cc2c3c(c1)c(-c1ccc(Cl)cc1)cc(=O)n3CC2. The van der Waals surface area contributed by atoms with Crippen LogP contribution in [-0.4, -0.2) is 27.5 Å². The molecule has 9 heteroatoms. The number of nitrogens with two attached hydrogens (primary N) is 1. The molecule has 0 spiro atoms. The molecule has 5 rings (SSSR count). The molecule has 1 aliphatic rings. The lowest BCUT2D eigenvalue weighted by Gasteiger charge is -2.35. The Morgan fingerprint density at radius 1 is 1.08 bits per heavy atom. The van der Waals surface area contributed by atoms with E-state index in [0.29, 0.717) is 39.2 Å². The Morgan fingerprint density at radius 3 is 2.30 bits per heavy atom. The van der Waals surface area contributed by atoms with Crippen molar-refractivity contribution in [2.75, 3.05) is 7.05 Å². The topological polar surface area (TPSA) is 83.8 Å². The molecule has 188 valence electrons. The number of aryl methyl sites for hydroxylation is 2. The van der Waals surface area contributed by atoms with Gasteiger partial charge in [-0.1, -0.05) is 54.0 Å². The van der Waals surface area contributed by atoms with E-state index in [1.807, 2.05) is 24.3 Å². The number of benzene rings is 3. The molecule has 0 saturated heterocycles. The molecule has 0 bridgehead atoms. The van der Waals surface area contributed by atoms with Gasteiger partial charge in [-0.3, -0.25) is 4.79 Å². The summed E-state index contributed by atoms with van der Waals surface area (Å²) < 4.78 is 1.77. The van der Waals surface area contributed by atoms with Crippen molar-refractivity contribution in [3.63, 3.8) is 0 Å². The van der Waals surface area contributed by atoms with Gasteiger partial charge in [0, 0.05) is 35.1 Å². The van der Waals surface area contributed by atoms with Crippen molar-refractivity contribution < 1.29 is 5.11 Å². The van der Waals surface area contributed by atoms with Crippen molar-refractivity contribution >= 4 is 52.6 Å². The van der Waals surface area contributed by atoms with E-state index in [4.69, 9.17) is 29.0 Å². The molecule has 4 aromatic rings. The first-order chi connectivity index (χ1) is 17.6. The number of nitrogens with zero attached hydrogens (tertiary/aromatic N) is 3. The normalized spacial score (nSPS) is 14.6. The van der Waals surface area contributed by atoms with Gasteiger partial charge in [-0.2, -0.15) is 5.10 Å². The van der Waals surface area contributed by atoms with E-state index >= 15 is 0 Å². The fraction of sp³-hybridized carbons (Fsp3) is 0.143. The van der Waals surface area contributed by atoms with Crippen LogP contribution in [0.25, 0.3) is 22.0 Å². The second kappa shape index (κ2) is 9.58. The molecular weight excluding hydrogens is 527 g/mol. The summed E-state index contributed by atoms with van der Waals surface area (Å²) in [5, 5.41) is 18.8. The van der Waals surface area contributed by atoms with Crippen LogP contribution < -0.4 is 11.4 Å². The molecule has 0 radical (unpaired) electrons. The lowest BCUT2D eigenvalue weighted by atomic mass is 9.82. The number of amidine groups is 1. The van der Waals surface area contributed by atoms with Gasteiger partial charge in [0.25, 0.3) is 5.56 Å². The summed E-state index contributed by atoms with van der Waals surface area (Å²) >= 11 is 16.7. The molecule has 0 fully saturated rings. The van der Waals surface area contributed by atoms with Gasteiger partial charge in [-0.15, -0.1) is 12.6 Å². The van der Waals surface area contributed by atoms with Crippen molar-refractivity contribution in [2.24, 2.45) is 10.9 Å². The van der Waals surface area contributed by atoms with E-state index in [1.54, 1.807) is 54.1 Å². The Kier molecular flexibility index (Phi) is 6.58. The van der Waals surface area contributed by atoms with Crippen molar-refractivity contribution in [1.82, 2.24) is 9.47 Å². The maximum Gasteiger partial charge on any atom is 0.251 e. The number of pyridine rings is 1. The highest BCUT2D eigenvalue weighted by Crippen LogP contribution is 2.40. The maximum atomic E-state index is 13.0. The van der Waals surface area contributed by atoms with Gasteiger partial charge in [0.2, 0.25) is 0 Å². The standard InChI is InChI=1S/C28H24Cl2N4O2S/c1-16(37)33(2)27(32-31)28(36,19-5-9-22(30)10-6-19)20-13-18-11-12-34-25(35)15-23(24(14-20)26(18)34)17-3-7-21(29)8-4-17/h3-10,13-15,36-37H,1,11-12,31H2,2H3/b32-27-. The van der Waals surface area contributed by atoms with E-state index in [2.05, 4.69) is 24.3 Å². The lowest BCUT2D eigenvalue weighted by molar-refractivity contribution is 0.144. The van der Waals surface area contributed by atoms with Crippen LogP contribution in [0.5, 0.6) is 0 Å². The van der Waals surface area contributed by atoms with Crippen LogP contribution >= 0.6 is 35.8 Å². The third-order valence-corrected chi connectivity index (χ3v) is 7.68. The number of rotatable bonds is 5. The number of likely N-dealkylation sites (N-methyl/N-ethyl adjacent to an activating group) is 1. The van der Waals surface area contributed by atoms with Crippen molar-refractivity contribution in [1.29, 1.82) is 0 Å². The van der Waals surface area contributed by atoms with E-state index in [0.717, 1.165) is 27.6 Å². The quantitative estimate of drug-likeness (QED) is 0.102. The monoisotopic (exact) mass is 550 g/mol. The molecule has 1 aromatic heterocycles. The highest BCUT2D eigenvalue weighted by molar-refractivity contribution is 7.84. The summed E-state index contributed by atoms with van der Waals surface area (Å²) in [6.45, 7) is 4.43. The summed E-state index contributed by atoms with van der Waals surface area (Å²) in [6.07, 6.45) is 0.643. The number of aliphatic hydroxyl groups is 1. The zero-order valence-corrected chi connectivity index (χ0v) is 22.4. The molecule has 0 aliphatic carbocycles. The maximum absolute atomic E-state index is 13.0. The zero-order chi connectivity index (χ0) is 26.5. The minimum atomic E-state index is -1.79. The Hall–Kier alpha value is -3.23. The molecule has 1 aliphatic heterocycles. The number of halogens is 2. The average Bonchev–Trinajstić information content (AvgIpc) is 3.32. The second-order valence-electron chi connectivity index (χ2n) is 8.98. The highest BCUT2D eigenvalue weighted by atomic mass is 35.5. The minimum absolute atomic E-state index is 0.0766. The number of hydrazone groups is 1. The number of thiol groups is 1. The summed E-state index contributed by atoms with van der Waals surface area (Å²) in [5.41, 5.74) is 2.55. The zero-order valence-electron chi connectivity index (χ0n) is 19.9. The van der Waals surface area contributed by atoms with Gasteiger partial charge in [0.1, 0.15) is 0 Å². The van der Waals surface area contributed by atoms with Crippen LogP contribution in [0.4, 0.5) is 0 Å². The molecular formula is C28H24Cl2N4O2S. The highest BCUT2D eigenvalue weighted by Gasteiger charge is 2.41. The van der Waals surface area contributed by atoms with Crippen LogP contribution in [0.2, 0.25) is 10.0 Å². The predicted molar refractivity (Wildman–Crippen MR) is 154 cm³/mol. The first-order valence-electron chi connectivity index (χ1n) is 11.5. The average molecular weight is 551 g/mol. The van der Waals surface area contributed by atoms with E-state index in [-0.39, 0.29) is 11.4 Å². The lowest BCUT2D eigenvalue weighted by Crippen LogP contribution is -2.46. The Morgan fingerprint density at radius 2 is 1.70 bits per heavy atom. The summed E-state index contributed by atoms with van der Waals surface area (Å²) in [7, 11) is 1.68. The molecule has 0 amide bonds. The molecule has 3 N–H and O–H groups in total. The Balaban J connectivity index is 1.86. The van der Waals surface area contributed by atoms with Crippen molar-refractivity contribution in [3.05, 3.63) is 115 Å². The van der Waals surface area contributed by atoms with Crippen LogP contribution in [0, 0.1) is 0 Å². The molecule has 6 nitrogen and oxygen atoms in total. The van der Waals surface area contributed by atoms with E-state index in [9.17, 15) is 9.90 Å². The second-order valence-corrected chi connectivity index (χ2v) is 10.4. The fourth-order valence-electron chi connectivity index (χ4n) is 4.99. The number of hydrogen-bond acceptors (Lipinski definition) is 5. The van der Waals surface area contributed by atoms with Gasteiger partial charge in [0.15, 0.2) is 11.4 Å². The molecule has 1 atom stereocenters. The smallest absolute Gasteiger partial charge is 0.251 e. The first-order valence-corrected chi connectivity index (χ1v) is 12.7. The van der Waals surface area contributed by atoms with Gasteiger partial charge in [-0.25, -0.2) is 0 Å². The third kappa shape index (κ3) is 4.22. The summed E-state index contributed by atoms with van der Waals surface area (Å²) in [4.78, 5) is 14.6. The van der Waals surface area contributed by atoms with Crippen LogP contribution in [0.1, 0.15) is 16.7 Å². The molecule has 1 unspecified atom stereocenters. The van der Waals surface area contributed by atoms with Gasteiger partial charge < -0.3 is 20.4 Å². The van der Waals surface area contributed by atoms with Crippen LogP contribution in [0.15, 0.2) is 88.2 Å². The van der Waals surface area contributed by atoms with Crippen LogP contribution in [-0.2, 0) is 18.6 Å². The molecule has 3 aromatic carbocycles. The first kappa shape index (κ1) is 25.4. The van der Waals surface area contributed by atoms with Crippen molar-refractivity contribution in [2.45, 2.75) is 18.6 Å². The number of aromatic nitrogens is 1. The van der Waals surface area contributed by atoms with Gasteiger partial charge in [0.05, 0.1) is 10.5 Å². The van der Waals surface area contributed by atoms with E-state index in [1.165, 1.54) is 4.90 Å². The summed E-state index contributed by atoms with van der Waals surface area (Å²) in [6, 6.07) is 19.6. The van der Waals surface area contributed by atoms with Gasteiger partial charge in [-0.05, 0) is 70.6 Å². The summed E-state index contributed by atoms with van der Waals surface area (Å²) in [5.74, 6) is 6.00. The Bertz CT molecular complexity index is 1630. The van der Waals surface area contributed by atoms with E-state index < -0.39 is 5.60 Å². The predicted octanol–water partition coefficient (Wildman–Crippen LogP) is 5.37. The van der Waals surface area contributed by atoms with Crippen molar-refractivity contribution in [3.8, 4) is 11.1 Å². The minimum Gasteiger partial charge on any atom is -0.373 e. The third-order valence-electron chi connectivity index (χ3n) is 6.87. The van der Waals surface area contributed by atoms with Crippen LogP contribution in [0.3, 0.4) is 0 Å². The fourth-order valence-corrected chi connectivity index (χ4v) is 5.34. The molecule has 0 saturated carbocycles. The van der Waals surface area contributed by atoms with Gasteiger partial charge >= 0.3 is 0 Å². The number of hydrogen-bond donors (Lipinski definition) is 3. The Labute approximate surface area is 229 Å². The molecule has 37 heavy (non-hydrogen) atoms.